The number of rotatable bonds is 5. The Morgan fingerprint density at radius 1 is 1.50 bits per heavy atom. The fourth-order valence-corrected chi connectivity index (χ4v) is 1.42. The van der Waals surface area contributed by atoms with E-state index in [4.69, 9.17) is 10.5 Å². The molecule has 90 valence electrons. The van der Waals surface area contributed by atoms with Crippen molar-refractivity contribution in [1.82, 2.24) is 9.97 Å². The molecule has 5 heteroatoms. The predicted molar refractivity (Wildman–Crippen MR) is 64.8 cm³/mol. The van der Waals surface area contributed by atoms with Gasteiger partial charge in [-0.2, -0.15) is 4.98 Å². The minimum atomic E-state index is 0.417. The number of aromatic nitrogens is 2. The van der Waals surface area contributed by atoms with Gasteiger partial charge in [0.05, 0.1) is 7.11 Å². The van der Waals surface area contributed by atoms with E-state index in [1.807, 2.05) is 24.9 Å². The third-order valence-corrected chi connectivity index (χ3v) is 2.36. The van der Waals surface area contributed by atoms with Crippen LogP contribution in [-0.4, -0.2) is 37.2 Å². The van der Waals surface area contributed by atoms with Crippen LogP contribution < -0.4 is 15.4 Å². The minimum Gasteiger partial charge on any atom is -0.481 e. The molecule has 2 N–H and O–H groups in total. The molecule has 0 aromatic carbocycles. The van der Waals surface area contributed by atoms with Crippen molar-refractivity contribution in [3.8, 4) is 5.88 Å². The van der Waals surface area contributed by atoms with E-state index >= 15 is 0 Å². The zero-order valence-electron chi connectivity index (χ0n) is 10.4. The van der Waals surface area contributed by atoms with Crippen molar-refractivity contribution in [2.24, 2.45) is 11.7 Å². The number of aryl methyl sites for hydroxylation is 1. The molecule has 5 nitrogen and oxygen atoms in total. The summed E-state index contributed by atoms with van der Waals surface area (Å²) in [6.07, 6.45) is 0. The highest BCUT2D eigenvalue weighted by Crippen LogP contribution is 2.14. The number of methoxy groups -OCH3 is 1. The van der Waals surface area contributed by atoms with Gasteiger partial charge in [0.2, 0.25) is 11.8 Å². The quantitative estimate of drug-likeness (QED) is 0.802. The van der Waals surface area contributed by atoms with E-state index < -0.39 is 0 Å². The Kier molecular flexibility index (Phi) is 4.49. The molecule has 0 aliphatic rings. The number of ether oxygens (including phenoxy) is 1. The summed E-state index contributed by atoms with van der Waals surface area (Å²) < 4.78 is 5.11. The van der Waals surface area contributed by atoms with Crippen LogP contribution in [0.1, 0.15) is 12.6 Å². The summed E-state index contributed by atoms with van der Waals surface area (Å²) in [5, 5.41) is 0. The molecule has 0 aliphatic heterocycles. The number of hydrogen-bond acceptors (Lipinski definition) is 5. The molecule has 0 fully saturated rings. The van der Waals surface area contributed by atoms with Crippen LogP contribution in [0.15, 0.2) is 6.07 Å². The van der Waals surface area contributed by atoms with Crippen LogP contribution in [0.3, 0.4) is 0 Å². The van der Waals surface area contributed by atoms with Gasteiger partial charge in [0.1, 0.15) is 0 Å². The van der Waals surface area contributed by atoms with E-state index in [9.17, 15) is 0 Å². The Morgan fingerprint density at radius 2 is 2.19 bits per heavy atom. The van der Waals surface area contributed by atoms with Crippen molar-refractivity contribution in [2.45, 2.75) is 13.8 Å². The van der Waals surface area contributed by atoms with Gasteiger partial charge >= 0.3 is 0 Å². The van der Waals surface area contributed by atoms with Gasteiger partial charge in [0.15, 0.2) is 0 Å². The second-order valence-corrected chi connectivity index (χ2v) is 4.07. The number of nitrogens with two attached hydrogens (primary N) is 1. The Balaban J connectivity index is 2.82. The molecule has 0 saturated carbocycles. The number of hydrogen-bond donors (Lipinski definition) is 1. The van der Waals surface area contributed by atoms with Gasteiger partial charge in [-0.05, 0) is 19.4 Å². The fourth-order valence-electron chi connectivity index (χ4n) is 1.42. The lowest BCUT2D eigenvalue weighted by molar-refractivity contribution is 0.396. The lowest BCUT2D eigenvalue weighted by atomic mass is 10.2. The van der Waals surface area contributed by atoms with Crippen LogP contribution >= 0.6 is 0 Å². The predicted octanol–water partition coefficient (Wildman–Crippen LogP) is 0.825. The van der Waals surface area contributed by atoms with Crippen molar-refractivity contribution in [1.29, 1.82) is 0 Å². The molecule has 16 heavy (non-hydrogen) atoms. The number of nitrogens with zero attached hydrogens (tertiary/aromatic N) is 3. The summed E-state index contributed by atoms with van der Waals surface area (Å²) in [4.78, 5) is 10.6. The minimum absolute atomic E-state index is 0.417. The van der Waals surface area contributed by atoms with E-state index in [-0.39, 0.29) is 0 Å². The van der Waals surface area contributed by atoms with Crippen molar-refractivity contribution in [3.63, 3.8) is 0 Å². The molecule has 1 atom stereocenters. The molecule has 0 amide bonds. The molecule has 1 unspecified atom stereocenters. The molecule has 1 aromatic rings. The molecule has 0 spiro atoms. The normalized spacial score (nSPS) is 12.3. The molecular weight excluding hydrogens is 204 g/mol. The maximum Gasteiger partial charge on any atom is 0.228 e. The third-order valence-electron chi connectivity index (χ3n) is 2.36. The second kappa shape index (κ2) is 5.65. The molecule has 1 aromatic heterocycles. The first-order valence-electron chi connectivity index (χ1n) is 5.37. The van der Waals surface area contributed by atoms with Crippen LogP contribution in [-0.2, 0) is 0 Å². The van der Waals surface area contributed by atoms with Gasteiger partial charge in [-0.15, -0.1) is 0 Å². The molecule has 0 aliphatic carbocycles. The zero-order chi connectivity index (χ0) is 12.1. The number of anilines is 1. The first-order chi connectivity index (χ1) is 7.56. The standard InChI is InChI=1S/C11H20N4O/c1-8(6-12)7-15(3)11-13-9(2)5-10(14-11)16-4/h5,8H,6-7,12H2,1-4H3. The van der Waals surface area contributed by atoms with E-state index in [1.54, 1.807) is 7.11 Å². The Bertz CT molecular complexity index is 343. The SMILES string of the molecule is COc1cc(C)nc(N(C)CC(C)CN)n1. The average Bonchev–Trinajstić information content (AvgIpc) is 2.27. The van der Waals surface area contributed by atoms with Crippen LogP contribution in [0.5, 0.6) is 5.88 Å². The average molecular weight is 224 g/mol. The fraction of sp³-hybridized carbons (Fsp3) is 0.636. The van der Waals surface area contributed by atoms with Crippen molar-refractivity contribution >= 4 is 5.95 Å². The van der Waals surface area contributed by atoms with Gasteiger partial charge < -0.3 is 15.4 Å². The molecule has 1 rings (SSSR count). The topological polar surface area (TPSA) is 64.3 Å². The van der Waals surface area contributed by atoms with Crippen molar-refractivity contribution in [2.75, 3.05) is 32.1 Å². The van der Waals surface area contributed by atoms with Crippen LogP contribution in [0.25, 0.3) is 0 Å². The lowest BCUT2D eigenvalue weighted by Gasteiger charge is -2.21. The van der Waals surface area contributed by atoms with Gasteiger partial charge in [0, 0.05) is 25.4 Å². The van der Waals surface area contributed by atoms with Crippen molar-refractivity contribution in [3.05, 3.63) is 11.8 Å². The van der Waals surface area contributed by atoms with Gasteiger partial charge in [-0.1, -0.05) is 6.92 Å². The summed E-state index contributed by atoms with van der Waals surface area (Å²) in [6.45, 7) is 5.52. The largest absolute Gasteiger partial charge is 0.481 e. The first kappa shape index (κ1) is 12.7. The Morgan fingerprint density at radius 3 is 2.75 bits per heavy atom. The van der Waals surface area contributed by atoms with E-state index in [1.165, 1.54) is 0 Å². The molecular formula is C11H20N4O. The monoisotopic (exact) mass is 224 g/mol. The highest BCUT2D eigenvalue weighted by molar-refractivity contribution is 5.33. The van der Waals surface area contributed by atoms with Crippen LogP contribution in [0.2, 0.25) is 0 Å². The van der Waals surface area contributed by atoms with Crippen LogP contribution in [0, 0.1) is 12.8 Å². The Labute approximate surface area is 96.6 Å². The summed E-state index contributed by atoms with van der Waals surface area (Å²) in [5.74, 6) is 1.69. The smallest absolute Gasteiger partial charge is 0.228 e. The van der Waals surface area contributed by atoms with Crippen LogP contribution in [0.4, 0.5) is 5.95 Å². The van der Waals surface area contributed by atoms with E-state index in [2.05, 4.69) is 16.9 Å². The maximum absolute atomic E-state index is 5.59. The van der Waals surface area contributed by atoms with Gasteiger partial charge in [0.25, 0.3) is 0 Å². The lowest BCUT2D eigenvalue weighted by Crippen LogP contribution is -2.29. The Hall–Kier alpha value is -1.36. The summed E-state index contributed by atoms with van der Waals surface area (Å²) in [6, 6.07) is 1.81. The third kappa shape index (κ3) is 3.34. The van der Waals surface area contributed by atoms with Gasteiger partial charge in [-0.25, -0.2) is 4.98 Å². The second-order valence-electron chi connectivity index (χ2n) is 4.07. The summed E-state index contributed by atoms with van der Waals surface area (Å²) in [7, 11) is 3.56. The van der Waals surface area contributed by atoms with E-state index in [0.717, 1.165) is 12.2 Å². The summed E-state index contributed by atoms with van der Waals surface area (Å²) >= 11 is 0. The zero-order valence-corrected chi connectivity index (χ0v) is 10.4. The molecule has 0 radical (unpaired) electrons. The molecule has 0 saturated heterocycles. The first-order valence-corrected chi connectivity index (χ1v) is 5.37. The summed E-state index contributed by atoms with van der Waals surface area (Å²) in [5.41, 5.74) is 6.49. The highest BCUT2D eigenvalue weighted by atomic mass is 16.5. The molecule has 0 bridgehead atoms. The van der Waals surface area contributed by atoms with E-state index in [0.29, 0.717) is 24.3 Å². The molecule has 1 heterocycles. The van der Waals surface area contributed by atoms with Gasteiger partial charge in [-0.3, -0.25) is 0 Å². The highest BCUT2D eigenvalue weighted by Gasteiger charge is 2.10. The van der Waals surface area contributed by atoms with Crippen molar-refractivity contribution < 1.29 is 4.74 Å². The maximum atomic E-state index is 5.59.